The van der Waals surface area contributed by atoms with Crippen LogP contribution in [0.3, 0.4) is 0 Å². The Labute approximate surface area is 126 Å². The summed E-state index contributed by atoms with van der Waals surface area (Å²) in [6.45, 7) is 0.105. The molecule has 2 aromatic carbocycles. The summed E-state index contributed by atoms with van der Waals surface area (Å²) in [5.74, 6) is 0. The summed E-state index contributed by atoms with van der Waals surface area (Å²) in [4.78, 5) is 0.158. The van der Waals surface area contributed by atoms with Crippen LogP contribution in [0.1, 0.15) is 11.1 Å². The second-order valence-corrected chi connectivity index (χ2v) is 6.82. The largest absolute Gasteiger partial charge is 0.392 e. The molecule has 2 N–H and O–H groups in total. The molecular formula is C14H14BrNO3S. The maximum atomic E-state index is 12.2. The lowest BCUT2D eigenvalue weighted by Gasteiger charge is -2.09. The maximum absolute atomic E-state index is 12.2. The molecule has 106 valence electrons. The first kappa shape index (κ1) is 15.2. The molecule has 0 unspecified atom stereocenters. The highest BCUT2D eigenvalue weighted by molar-refractivity contribution is 9.10. The molecule has 0 fully saturated rings. The summed E-state index contributed by atoms with van der Waals surface area (Å²) in [7, 11) is -3.59. The van der Waals surface area contributed by atoms with Gasteiger partial charge in [-0.3, -0.25) is 0 Å². The van der Waals surface area contributed by atoms with Crippen LogP contribution in [0.25, 0.3) is 0 Å². The predicted molar refractivity (Wildman–Crippen MR) is 80.5 cm³/mol. The van der Waals surface area contributed by atoms with Crippen molar-refractivity contribution in [1.82, 2.24) is 4.72 Å². The molecule has 0 saturated heterocycles. The van der Waals surface area contributed by atoms with Crippen molar-refractivity contribution < 1.29 is 13.5 Å². The van der Waals surface area contributed by atoms with Crippen LogP contribution in [0, 0.1) is 0 Å². The predicted octanol–water partition coefficient (Wildman–Crippen LogP) is 2.42. The second kappa shape index (κ2) is 6.49. The quantitative estimate of drug-likeness (QED) is 0.865. The van der Waals surface area contributed by atoms with Crippen molar-refractivity contribution in [3.63, 3.8) is 0 Å². The third kappa shape index (κ3) is 3.67. The van der Waals surface area contributed by atoms with Gasteiger partial charge in [0, 0.05) is 11.0 Å². The molecule has 0 spiro atoms. The van der Waals surface area contributed by atoms with E-state index in [0.29, 0.717) is 10.0 Å². The van der Waals surface area contributed by atoms with E-state index in [2.05, 4.69) is 20.7 Å². The molecule has 0 heterocycles. The molecule has 0 aliphatic heterocycles. The average molecular weight is 356 g/mol. The Morgan fingerprint density at radius 3 is 2.35 bits per heavy atom. The second-order valence-electron chi connectivity index (χ2n) is 4.23. The zero-order valence-corrected chi connectivity index (χ0v) is 13.0. The van der Waals surface area contributed by atoms with E-state index in [4.69, 9.17) is 5.11 Å². The first-order chi connectivity index (χ1) is 9.53. The lowest BCUT2D eigenvalue weighted by molar-refractivity contribution is 0.281. The number of nitrogens with one attached hydrogen (secondary N) is 1. The van der Waals surface area contributed by atoms with Gasteiger partial charge in [0.2, 0.25) is 10.0 Å². The molecule has 0 saturated carbocycles. The minimum Gasteiger partial charge on any atom is -0.392 e. The van der Waals surface area contributed by atoms with Crippen LogP contribution in [0.15, 0.2) is 57.9 Å². The fraction of sp³-hybridized carbons (Fsp3) is 0.143. The molecular weight excluding hydrogens is 342 g/mol. The molecule has 2 rings (SSSR count). The fourth-order valence-electron chi connectivity index (χ4n) is 1.71. The molecule has 0 radical (unpaired) electrons. The molecule has 2 aromatic rings. The van der Waals surface area contributed by atoms with E-state index in [1.807, 2.05) is 30.3 Å². The Kier molecular flexibility index (Phi) is 4.93. The van der Waals surface area contributed by atoms with Gasteiger partial charge in [-0.05, 0) is 39.2 Å². The minimum atomic E-state index is -3.59. The van der Waals surface area contributed by atoms with Gasteiger partial charge >= 0.3 is 0 Å². The van der Waals surface area contributed by atoms with Gasteiger partial charge in [0.25, 0.3) is 0 Å². The van der Waals surface area contributed by atoms with Crippen molar-refractivity contribution in [2.75, 3.05) is 0 Å². The van der Waals surface area contributed by atoms with E-state index in [0.717, 1.165) is 5.56 Å². The Morgan fingerprint density at radius 2 is 1.75 bits per heavy atom. The van der Waals surface area contributed by atoms with Crippen LogP contribution in [-0.4, -0.2) is 13.5 Å². The summed E-state index contributed by atoms with van der Waals surface area (Å²) >= 11 is 3.22. The standard InChI is InChI=1S/C14H14BrNO3S/c15-13-8-12(10-17)6-7-14(13)20(18,19)16-9-11-4-2-1-3-5-11/h1-8,16-17H,9-10H2. The molecule has 4 nitrogen and oxygen atoms in total. The Balaban J connectivity index is 2.18. The highest BCUT2D eigenvalue weighted by atomic mass is 79.9. The zero-order chi connectivity index (χ0) is 14.6. The molecule has 0 amide bonds. The smallest absolute Gasteiger partial charge is 0.241 e. The van der Waals surface area contributed by atoms with Crippen LogP contribution in [0.2, 0.25) is 0 Å². The fourth-order valence-corrected chi connectivity index (χ4v) is 3.85. The molecule has 20 heavy (non-hydrogen) atoms. The van der Waals surface area contributed by atoms with Gasteiger partial charge in [0.1, 0.15) is 0 Å². The first-order valence-corrected chi connectivity index (χ1v) is 8.23. The minimum absolute atomic E-state index is 0.129. The Hall–Kier alpha value is -1.21. The van der Waals surface area contributed by atoms with Gasteiger partial charge in [0.15, 0.2) is 0 Å². The van der Waals surface area contributed by atoms with Gasteiger partial charge in [-0.2, -0.15) is 0 Å². The van der Waals surface area contributed by atoms with Crippen molar-refractivity contribution >= 4 is 26.0 Å². The molecule has 0 atom stereocenters. The zero-order valence-electron chi connectivity index (χ0n) is 10.6. The number of rotatable bonds is 5. The molecule has 0 aliphatic rings. The van der Waals surface area contributed by atoms with E-state index in [1.165, 1.54) is 6.07 Å². The van der Waals surface area contributed by atoms with E-state index in [-0.39, 0.29) is 18.0 Å². The van der Waals surface area contributed by atoms with Crippen LogP contribution in [-0.2, 0) is 23.2 Å². The molecule has 0 aliphatic carbocycles. The van der Waals surface area contributed by atoms with Crippen LogP contribution in [0.5, 0.6) is 0 Å². The lowest BCUT2D eigenvalue weighted by atomic mass is 10.2. The van der Waals surface area contributed by atoms with Crippen molar-refractivity contribution in [3.05, 3.63) is 64.1 Å². The number of sulfonamides is 1. The van der Waals surface area contributed by atoms with E-state index < -0.39 is 10.0 Å². The van der Waals surface area contributed by atoms with Gasteiger partial charge in [-0.15, -0.1) is 0 Å². The van der Waals surface area contributed by atoms with Crippen molar-refractivity contribution in [2.45, 2.75) is 18.0 Å². The van der Waals surface area contributed by atoms with Gasteiger partial charge in [-0.1, -0.05) is 36.4 Å². The highest BCUT2D eigenvalue weighted by Crippen LogP contribution is 2.23. The van der Waals surface area contributed by atoms with Crippen LogP contribution < -0.4 is 4.72 Å². The summed E-state index contributed by atoms with van der Waals surface area (Å²) in [5.41, 5.74) is 1.54. The number of hydrogen-bond acceptors (Lipinski definition) is 3. The van der Waals surface area contributed by atoms with Gasteiger partial charge in [-0.25, -0.2) is 13.1 Å². The van der Waals surface area contributed by atoms with Crippen molar-refractivity contribution in [3.8, 4) is 0 Å². The first-order valence-electron chi connectivity index (χ1n) is 5.96. The number of benzene rings is 2. The third-order valence-corrected chi connectivity index (χ3v) is 5.16. The third-order valence-electron chi connectivity index (χ3n) is 2.78. The summed E-state index contributed by atoms with van der Waals surface area (Å²) in [6.07, 6.45) is 0. The van der Waals surface area contributed by atoms with Crippen LogP contribution >= 0.6 is 15.9 Å². The SMILES string of the molecule is O=S(=O)(NCc1ccccc1)c1ccc(CO)cc1Br. The molecule has 0 bridgehead atoms. The average Bonchev–Trinajstić information content (AvgIpc) is 2.46. The molecule has 0 aromatic heterocycles. The number of aliphatic hydroxyl groups is 1. The molecule has 6 heteroatoms. The van der Waals surface area contributed by atoms with E-state index in [1.54, 1.807) is 12.1 Å². The number of halogens is 1. The maximum Gasteiger partial charge on any atom is 0.241 e. The van der Waals surface area contributed by atoms with Gasteiger partial charge < -0.3 is 5.11 Å². The van der Waals surface area contributed by atoms with Gasteiger partial charge in [0.05, 0.1) is 11.5 Å². The Morgan fingerprint density at radius 1 is 1.05 bits per heavy atom. The Bertz CT molecular complexity index is 687. The normalized spacial score (nSPS) is 11.5. The lowest BCUT2D eigenvalue weighted by Crippen LogP contribution is -2.23. The number of hydrogen-bond donors (Lipinski definition) is 2. The van der Waals surface area contributed by atoms with Crippen molar-refractivity contribution in [1.29, 1.82) is 0 Å². The summed E-state index contributed by atoms with van der Waals surface area (Å²) < 4.78 is 27.4. The topological polar surface area (TPSA) is 66.4 Å². The van der Waals surface area contributed by atoms with Crippen LogP contribution in [0.4, 0.5) is 0 Å². The van der Waals surface area contributed by atoms with E-state index in [9.17, 15) is 8.42 Å². The monoisotopic (exact) mass is 355 g/mol. The summed E-state index contributed by atoms with van der Waals surface area (Å²) in [5, 5.41) is 9.02. The highest BCUT2D eigenvalue weighted by Gasteiger charge is 2.17. The number of aliphatic hydroxyl groups excluding tert-OH is 1. The summed E-state index contributed by atoms with van der Waals surface area (Å²) in [6, 6.07) is 14.0. The van der Waals surface area contributed by atoms with Crippen molar-refractivity contribution in [2.24, 2.45) is 0 Å². The van der Waals surface area contributed by atoms with E-state index >= 15 is 0 Å².